The summed E-state index contributed by atoms with van der Waals surface area (Å²) in [6.07, 6.45) is 0.346. The average Bonchev–Trinajstić information content (AvgIpc) is 2.75. The van der Waals surface area contributed by atoms with E-state index in [1.165, 1.54) is 11.3 Å². The topological polar surface area (TPSA) is 54.1 Å². The van der Waals surface area contributed by atoms with E-state index in [1.54, 1.807) is 7.11 Å². The van der Waals surface area contributed by atoms with Gasteiger partial charge >= 0.3 is 0 Å². The van der Waals surface area contributed by atoms with Crippen LogP contribution >= 0.6 is 23.6 Å². The number of benzene rings is 1. The van der Waals surface area contributed by atoms with Crippen molar-refractivity contribution in [1.82, 2.24) is 10.3 Å². The molecule has 0 atom stereocenters. The molecule has 2 aromatic rings. The molecule has 2 rings (SSSR count). The minimum Gasteiger partial charge on any atom is -0.496 e. The highest BCUT2D eigenvalue weighted by Crippen LogP contribution is 2.17. The van der Waals surface area contributed by atoms with E-state index in [4.69, 9.17) is 17.0 Å². The van der Waals surface area contributed by atoms with Gasteiger partial charge in [0.2, 0.25) is 5.91 Å². The zero-order chi connectivity index (χ0) is 14.5. The summed E-state index contributed by atoms with van der Waals surface area (Å²) in [6.45, 7) is 2.38. The third-order valence-corrected chi connectivity index (χ3v) is 4.25. The maximum absolute atomic E-state index is 12.0. The zero-order valence-electron chi connectivity index (χ0n) is 11.4. The molecular weight excluding hydrogens is 292 g/mol. The van der Waals surface area contributed by atoms with Crippen molar-refractivity contribution in [2.75, 3.05) is 7.11 Å². The van der Waals surface area contributed by atoms with Gasteiger partial charge in [-0.25, -0.2) is 0 Å². The Morgan fingerprint density at radius 2 is 2.20 bits per heavy atom. The van der Waals surface area contributed by atoms with E-state index in [2.05, 4.69) is 10.3 Å². The normalized spacial score (nSPS) is 10.3. The van der Waals surface area contributed by atoms with E-state index < -0.39 is 0 Å². The largest absolute Gasteiger partial charge is 0.496 e. The van der Waals surface area contributed by atoms with Crippen LogP contribution < -0.4 is 10.1 Å². The van der Waals surface area contributed by atoms with Crippen molar-refractivity contribution in [2.45, 2.75) is 19.9 Å². The molecule has 0 aliphatic heterocycles. The molecule has 6 heteroatoms. The standard InChI is InChI=1S/C14H16N2O2S2/c1-9-12(20-14(19)16-9)7-13(17)15-8-10-5-3-4-6-11(10)18-2/h3-6H,7-8H2,1-2H3,(H,15,17)(H,16,19). The summed E-state index contributed by atoms with van der Waals surface area (Å²) in [5.74, 6) is 0.755. The molecule has 0 radical (unpaired) electrons. The van der Waals surface area contributed by atoms with Gasteiger partial charge in [-0.15, -0.1) is 11.3 Å². The van der Waals surface area contributed by atoms with Gasteiger partial charge in [0, 0.05) is 22.7 Å². The van der Waals surface area contributed by atoms with Crippen LogP contribution in [0.2, 0.25) is 0 Å². The number of aryl methyl sites for hydroxylation is 1. The Balaban J connectivity index is 1.95. The number of aromatic nitrogens is 1. The third-order valence-electron chi connectivity index (χ3n) is 2.91. The van der Waals surface area contributed by atoms with Gasteiger partial charge in [0.05, 0.1) is 13.5 Å². The predicted molar refractivity (Wildman–Crippen MR) is 82.8 cm³/mol. The summed E-state index contributed by atoms with van der Waals surface area (Å²) in [5.41, 5.74) is 1.93. The van der Waals surface area contributed by atoms with E-state index in [9.17, 15) is 4.79 Å². The Labute approximate surface area is 126 Å². The van der Waals surface area contributed by atoms with Crippen LogP contribution in [-0.2, 0) is 17.8 Å². The first-order valence-electron chi connectivity index (χ1n) is 6.17. The Bertz CT molecular complexity index is 661. The molecule has 0 aliphatic carbocycles. The van der Waals surface area contributed by atoms with E-state index in [0.29, 0.717) is 16.9 Å². The number of H-pyrrole nitrogens is 1. The second-order valence-electron chi connectivity index (χ2n) is 4.33. The number of carbonyl (C=O) groups excluding carboxylic acids is 1. The van der Waals surface area contributed by atoms with Crippen molar-refractivity contribution in [2.24, 2.45) is 0 Å². The molecule has 20 heavy (non-hydrogen) atoms. The zero-order valence-corrected chi connectivity index (χ0v) is 13.0. The number of aromatic amines is 1. The fraction of sp³-hybridized carbons (Fsp3) is 0.286. The number of hydrogen-bond acceptors (Lipinski definition) is 4. The van der Waals surface area contributed by atoms with Gasteiger partial charge in [-0.05, 0) is 25.2 Å². The number of ether oxygens (including phenoxy) is 1. The number of thiazole rings is 1. The van der Waals surface area contributed by atoms with Crippen molar-refractivity contribution >= 4 is 29.5 Å². The average molecular weight is 308 g/mol. The molecular formula is C14H16N2O2S2. The Kier molecular flexibility index (Phi) is 4.92. The number of para-hydroxylation sites is 1. The SMILES string of the molecule is COc1ccccc1CNC(=O)Cc1sc(=S)[nH]c1C. The molecule has 0 saturated heterocycles. The highest BCUT2D eigenvalue weighted by Gasteiger charge is 2.09. The number of carbonyl (C=O) groups is 1. The number of rotatable bonds is 5. The lowest BCUT2D eigenvalue weighted by Crippen LogP contribution is -2.24. The minimum atomic E-state index is -0.0238. The Morgan fingerprint density at radius 3 is 2.85 bits per heavy atom. The molecule has 1 aromatic carbocycles. The smallest absolute Gasteiger partial charge is 0.225 e. The first-order chi connectivity index (χ1) is 9.60. The molecule has 4 nitrogen and oxygen atoms in total. The van der Waals surface area contributed by atoms with Crippen molar-refractivity contribution in [3.8, 4) is 5.75 Å². The van der Waals surface area contributed by atoms with E-state index in [-0.39, 0.29) is 5.91 Å². The fourth-order valence-electron chi connectivity index (χ4n) is 1.86. The van der Waals surface area contributed by atoms with Gasteiger partial charge in [-0.3, -0.25) is 4.79 Å². The Hall–Kier alpha value is -1.66. The molecule has 0 unspecified atom stereocenters. The minimum absolute atomic E-state index is 0.0238. The second-order valence-corrected chi connectivity index (χ2v) is 6.10. The van der Waals surface area contributed by atoms with E-state index in [1.807, 2.05) is 31.2 Å². The molecule has 106 valence electrons. The quantitative estimate of drug-likeness (QED) is 0.835. The fourth-order valence-corrected chi connectivity index (χ4v) is 3.15. The monoisotopic (exact) mass is 308 g/mol. The van der Waals surface area contributed by atoms with Crippen LogP contribution in [0.4, 0.5) is 0 Å². The molecule has 0 fully saturated rings. The molecule has 1 amide bonds. The maximum Gasteiger partial charge on any atom is 0.225 e. The number of hydrogen-bond donors (Lipinski definition) is 2. The first kappa shape index (κ1) is 14.7. The Morgan fingerprint density at radius 1 is 1.45 bits per heavy atom. The van der Waals surface area contributed by atoms with Gasteiger partial charge in [0.1, 0.15) is 5.75 Å². The third kappa shape index (κ3) is 3.68. The maximum atomic E-state index is 12.0. The van der Waals surface area contributed by atoms with Gasteiger partial charge in [-0.2, -0.15) is 0 Å². The summed E-state index contributed by atoms with van der Waals surface area (Å²) >= 11 is 6.51. The summed E-state index contributed by atoms with van der Waals surface area (Å²) in [4.78, 5) is 16.0. The first-order valence-corrected chi connectivity index (χ1v) is 7.40. The van der Waals surface area contributed by atoms with Gasteiger partial charge < -0.3 is 15.0 Å². The van der Waals surface area contributed by atoms with Crippen LogP contribution in [-0.4, -0.2) is 18.0 Å². The van der Waals surface area contributed by atoms with Gasteiger partial charge in [0.25, 0.3) is 0 Å². The lowest BCUT2D eigenvalue weighted by Gasteiger charge is -2.09. The van der Waals surface area contributed by atoms with E-state index >= 15 is 0 Å². The molecule has 0 saturated carbocycles. The molecule has 0 aliphatic rings. The molecule has 0 bridgehead atoms. The van der Waals surface area contributed by atoms with Crippen LogP contribution in [0.25, 0.3) is 0 Å². The van der Waals surface area contributed by atoms with Crippen molar-refractivity contribution in [3.05, 3.63) is 44.4 Å². The molecule has 0 spiro atoms. The highest BCUT2D eigenvalue weighted by atomic mass is 32.1. The lowest BCUT2D eigenvalue weighted by molar-refractivity contribution is -0.120. The van der Waals surface area contributed by atoms with E-state index in [0.717, 1.165) is 21.9 Å². The molecule has 1 heterocycles. The summed E-state index contributed by atoms with van der Waals surface area (Å²) in [5, 5.41) is 2.90. The van der Waals surface area contributed by atoms with Crippen LogP contribution in [0.15, 0.2) is 24.3 Å². The van der Waals surface area contributed by atoms with Crippen LogP contribution in [0, 0.1) is 10.9 Å². The van der Waals surface area contributed by atoms with Crippen LogP contribution in [0.1, 0.15) is 16.1 Å². The predicted octanol–water partition coefficient (Wildman–Crippen LogP) is 2.98. The summed E-state index contributed by atoms with van der Waals surface area (Å²) in [7, 11) is 1.62. The second kappa shape index (κ2) is 6.67. The lowest BCUT2D eigenvalue weighted by atomic mass is 10.2. The number of amides is 1. The molecule has 1 aromatic heterocycles. The summed E-state index contributed by atoms with van der Waals surface area (Å²) in [6, 6.07) is 7.64. The van der Waals surface area contributed by atoms with Crippen molar-refractivity contribution < 1.29 is 9.53 Å². The molecule has 2 N–H and O–H groups in total. The van der Waals surface area contributed by atoms with Crippen LogP contribution in [0.3, 0.4) is 0 Å². The van der Waals surface area contributed by atoms with Gasteiger partial charge in [-0.1, -0.05) is 18.2 Å². The van der Waals surface area contributed by atoms with Crippen LogP contribution in [0.5, 0.6) is 5.75 Å². The summed E-state index contributed by atoms with van der Waals surface area (Å²) < 4.78 is 5.95. The number of nitrogens with one attached hydrogen (secondary N) is 2. The van der Waals surface area contributed by atoms with Crippen molar-refractivity contribution in [3.63, 3.8) is 0 Å². The number of methoxy groups -OCH3 is 1. The van der Waals surface area contributed by atoms with Crippen molar-refractivity contribution in [1.29, 1.82) is 0 Å². The highest BCUT2D eigenvalue weighted by molar-refractivity contribution is 7.73. The van der Waals surface area contributed by atoms with Gasteiger partial charge in [0.15, 0.2) is 3.95 Å².